The molecule has 1 aliphatic rings. The fourth-order valence-corrected chi connectivity index (χ4v) is 2.86. The summed E-state index contributed by atoms with van der Waals surface area (Å²) in [6.45, 7) is 4.04. The van der Waals surface area contributed by atoms with Gasteiger partial charge in [0, 0.05) is 12.6 Å². The van der Waals surface area contributed by atoms with Crippen LogP contribution in [0.2, 0.25) is 0 Å². The summed E-state index contributed by atoms with van der Waals surface area (Å²) in [5.41, 5.74) is 0.267. The number of aliphatic hydroxyl groups is 1. The van der Waals surface area contributed by atoms with Crippen LogP contribution in [-0.2, 0) is 10.2 Å². The monoisotopic (exact) mass is 291 g/mol. The first-order valence-electron chi connectivity index (χ1n) is 7.65. The largest absolute Gasteiger partial charge is 0.508 e. The van der Waals surface area contributed by atoms with Crippen molar-refractivity contribution in [1.29, 1.82) is 0 Å². The standard InChI is InChI=1S/C17H25NO3/c1-17(2,13-5-9-15(20)10-6-13)16(21)18-14-7-3-12(11-19)4-8-14/h5-6,9-10,12,14,19-20H,3-4,7-8,11H2,1-2H3,(H,18,21). The molecule has 1 saturated carbocycles. The van der Waals surface area contributed by atoms with Crippen LogP contribution in [0.1, 0.15) is 45.1 Å². The zero-order valence-corrected chi connectivity index (χ0v) is 12.8. The first kappa shape index (κ1) is 15.8. The van der Waals surface area contributed by atoms with Crippen molar-refractivity contribution in [1.82, 2.24) is 5.32 Å². The number of aromatic hydroxyl groups is 1. The van der Waals surface area contributed by atoms with E-state index in [0.717, 1.165) is 31.2 Å². The Morgan fingerprint density at radius 2 is 1.76 bits per heavy atom. The van der Waals surface area contributed by atoms with Crippen molar-refractivity contribution in [2.75, 3.05) is 6.61 Å². The molecule has 116 valence electrons. The van der Waals surface area contributed by atoms with Crippen LogP contribution in [-0.4, -0.2) is 28.8 Å². The molecule has 0 spiro atoms. The van der Waals surface area contributed by atoms with E-state index in [1.54, 1.807) is 24.3 Å². The molecular formula is C17H25NO3. The van der Waals surface area contributed by atoms with E-state index < -0.39 is 5.41 Å². The van der Waals surface area contributed by atoms with Crippen molar-refractivity contribution < 1.29 is 15.0 Å². The van der Waals surface area contributed by atoms with Crippen LogP contribution in [0.25, 0.3) is 0 Å². The van der Waals surface area contributed by atoms with E-state index in [9.17, 15) is 9.90 Å². The SMILES string of the molecule is CC(C)(C(=O)NC1CCC(CO)CC1)c1ccc(O)cc1. The van der Waals surface area contributed by atoms with Gasteiger partial charge in [-0.3, -0.25) is 4.79 Å². The van der Waals surface area contributed by atoms with E-state index in [1.165, 1.54) is 0 Å². The highest BCUT2D eigenvalue weighted by Gasteiger charge is 2.32. The van der Waals surface area contributed by atoms with Crippen LogP contribution in [0.3, 0.4) is 0 Å². The van der Waals surface area contributed by atoms with Crippen molar-refractivity contribution >= 4 is 5.91 Å². The molecule has 4 nitrogen and oxygen atoms in total. The van der Waals surface area contributed by atoms with Gasteiger partial charge in [0.25, 0.3) is 0 Å². The molecule has 0 aliphatic heterocycles. The van der Waals surface area contributed by atoms with E-state index in [1.807, 2.05) is 13.8 Å². The summed E-state index contributed by atoms with van der Waals surface area (Å²) in [7, 11) is 0. The van der Waals surface area contributed by atoms with Crippen molar-refractivity contribution in [2.45, 2.75) is 51.0 Å². The van der Waals surface area contributed by atoms with Gasteiger partial charge in [-0.05, 0) is 63.1 Å². The Morgan fingerprint density at radius 3 is 2.29 bits per heavy atom. The molecule has 1 aromatic carbocycles. The predicted octanol–water partition coefficient (Wildman–Crippen LogP) is 2.34. The normalized spacial score (nSPS) is 22.8. The summed E-state index contributed by atoms with van der Waals surface area (Å²) in [5, 5.41) is 21.6. The van der Waals surface area contributed by atoms with Gasteiger partial charge in [-0.15, -0.1) is 0 Å². The van der Waals surface area contributed by atoms with E-state index in [-0.39, 0.29) is 24.3 Å². The molecule has 0 unspecified atom stereocenters. The van der Waals surface area contributed by atoms with Crippen molar-refractivity contribution in [3.8, 4) is 5.75 Å². The quantitative estimate of drug-likeness (QED) is 0.797. The number of hydrogen-bond donors (Lipinski definition) is 3. The number of benzene rings is 1. The lowest BCUT2D eigenvalue weighted by atomic mass is 9.82. The minimum Gasteiger partial charge on any atom is -0.508 e. The number of nitrogens with one attached hydrogen (secondary N) is 1. The predicted molar refractivity (Wildman–Crippen MR) is 82.1 cm³/mol. The van der Waals surface area contributed by atoms with Gasteiger partial charge in [-0.25, -0.2) is 0 Å². The second kappa shape index (κ2) is 6.48. The zero-order chi connectivity index (χ0) is 15.5. The summed E-state index contributed by atoms with van der Waals surface area (Å²) < 4.78 is 0. The van der Waals surface area contributed by atoms with E-state index in [2.05, 4.69) is 5.32 Å². The van der Waals surface area contributed by atoms with Gasteiger partial charge in [-0.2, -0.15) is 0 Å². The Hall–Kier alpha value is -1.55. The third-order valence-electron chi connectivity index (χ3n) is 4.60. The molecule has 0 heterocycles. The number of carbonyl (C=O) groups excluding carboxylic acids is 1. The Balaban J connectivity index is 1.97. The maximum absolute atomic E-state index is 12.5. The van der Waals surface area contributed by atoms with Gasteiger partial charge in [0.2, 0.25) is 5.91 Å². The highest BCUT2D eigenvalue weighted by Crippen LogP contribution is 2.28. The number of carbonyl (C=O) groups is 1. The van der Waals surface area contributed by atoms with Crippen molar-refractivity contribution in [3.63, 3.8) is 0 Å². The smallest absolute Gasteiger partial charge is 0.230 e. The summed E-state index contributed by atoms with van der Waals surface area (Å²) in [4.78, 5) is 12.5. The van der Waals surface area contributed by atoms with Gasteiger partial charge < -0.3 is 15.5 Å². The van der Waals surface area contributed by atoms with Gasteiger partial charge >= 0.3 is 0 Å². The lowest BCUT2D eigenvalue weighted by Crippen LogP contribution is -2.46. The molecule has 0 radical (unpaired) electrons. The molecule has 1 aliphatic carbocycles. The second-order valence-electron chi connectivity index (χ2n) is 6.55. The molecule has 1 fully saturated rings. The fraction of sp³-hybridized carbons (Fsp3) is 0.588. The summed E-state index contributed by atoms with van der Waals surface area (Å²) >= 11 is 0. The minimum absolute atomic E-state index is 0.0145. The summed E-state index contributed by atoms with van der Waals surface area (Å²) in [6.07, 6.45) is 3.81. The van der Waals surface area contributed by atoms with Crippen molar-refractivity contribution in [3.05, 3.63) is 29.8 Å². The highest BCUT2D eigenvalue weighted by molar-refractivity contribution is 5.87. The Labute approximate surface area is 126 Å². The number of phenols is 1. The highest BCUT2D eigenvalue weighted by atomic mass is 16.3. The summed E-state index contributed by atoms with van der Waals surface area (Å²) in [6, 6.07) is 7.00. The first-order valence-corrected chi connectivity index (χ1v) is 7.65. The van der Waals surface area contributed by atoms with E-state index >= 15 is 0 Å². The first-order chi connectivity index (χ1) is 9.93. The van der Waals surface area contributed by atoms with Crippen LogP contribution >= 0.6 is 0 Å². The molecule has 21 heavy (non-hydrogen) atoms. The van der Waals surface area contributed by atoms with Crippen LogP contribution in [0, 0.1) is 5.92 Å². The maximum Gasteiger partial charge on any atom is 0.230 e. The molecule has 3 N–H and O–H groups in total. The third kappa shape index (κ3) is 3.76. The number of hydrogen-bond acceptors (Lipinski definition) is 3. The van der Waals surface area contributed by atoms with Gasteiger partial charge in [0.15, 0.2) is 0 Å². The molecule has 1 aromatic rings. The number of rotatable bonds is 4. The summed E-state index contributed by atoms with van der Waals surface area (Å²) in [5.74, 6) is 0.612. The van der Waals surface area contributed by atoms with Crippen LogP contribution < -0.4 is 5.32 Å². The van der Waals surface area contributed by atoms with Gasteiger partial charge in [0.05, 0.1) is 5.41 Å². The third-order valence-corrected chi connectivity index (χ3v) is 4.60. The number of aliphatic hydroxyl groups excluding tert-OH is 1. The molecule has 0 aromatic heterocycles. The molecule has 4 heteroatoms. The zero-order valence-electron chi connectivity index (χ0n) is 12.8. The van der Waals surface area contributed by atoms with Crippen LogP contribution in [0.5, 0.6) is 5.75 Å². The van der Waals surface area contributed by atoms with Crippen LogP contribution in [0.15, 0.2) is 24.3 Å². The molecule has 2 rings (SSSR count). The average molecular weight is 291 g/mol. The Bertz CT molecular complexity index is 473. The van der Waals surface area contributed by atoms with Crippen molar-refractivity contribution in [2.24, 2.45) is 5.92 Å². The molecule has 1 amide bonds. The minimum atomic E-state index is -0.623. The molecule has 0 saturated heterocycles. The van der Waals surface area contributed by atoms with Crippen LogP contribution in [0.4, 0.5) is 0 Å². The molecule has 0 atom stereocenters. The molecular weight excluding hydrogens is 266 g/mol. The fourth-order valence-electron chi connectivity index (χ4n) is 2.86. The van der Waals surface area contributed by atoms with Gasteiger partial charge in [-0.1, -0.05) is 12.1 Å². The number of amides is 1. The second-order valence-corrected chi connectivity index (χ2v) is 6.55. The topological polar surface area (TPSA) is 69.6 Å². The Morgan fingerprint density at radius 1 is 1.19 bits per heavy atom. The molecule has 0 bridgehead atoms. The van der Waals surface area contributed by atoms with E-state index in [4.69, 9.17) is 5.11 Å². The Kier molecular flexibility index (Phi) is 4.88. The number of phenolic OH excluding ortho intramolecular Hbond substituents is 1. The van der Waals surface area contributed by atoms with E-state index in [0.29, 0.717) is 5.92 Å². The lowest BCUT2D eigenvalue weighted by Gasteiger charge is -2.32. The average Bonchev–Trinajstić information content (AvgIpc) is 2.48. The van der Waals surface area contributed by atoms with Gasteiger partial charge in [0.1, 0.15) is 5.75 Å². The lowest BCUT2D eigenvalue weighted by molar-refractivity contribution is -0.126. The maximum atomic E-state index is 12.5.